The Balaban J connectivity index is 2.20. The first-order chi connectivity index (χ1) is 9.10. The minimum Gasteiger partial charge on any atom is -0.465 e. The third-order valence-electron chi connectivity index (χ3n) is 2.56. The van der Waals surface area contributed by atoms with E-state index >= 15 is 0 Å². The van der Waals surface area contributed by atoms with Gasteiger partial charge in [-0.2, -0.15) is 5.10 Å². The number of esters is 1. The Hall–Kier alpha value is -2.50. The summed E-state index contributed by atoms with van der Waals surface area (Å²) in [6.45, 7) is 2.07. The zero-order valence-electron chi connectivity index (χ0n) is 10.7. The fourth-order valence-electron chi connectivity index (χ4n) is 1.55. The van der Waals surface area contributed by atoms with Crippen LogP contribution in [0.1, 0.15) is 21.6 Å². The summed E-state index contributed by atoms with van der Waals surface area (Å²) < 4.78 is 5.89. The highest BCUT2D eigenvalue weighted by Crippen LogP contribution is 2.02. The number of ether oxygens (including phenoxy) is 1. The van der Waals surface area contributed by atoms with E-state index in [1.54, 1.807) is 18.3 Å². The van der Waals surface area contributed by atoms with Crippen molar-refractivity contribution in [2.45, 2.75) is 13.5 Å². The molecule has 0 amide bonds. The minimum absolute atomic E-state index is 0.182. The van der Waals surface area contributed by atoms with Crippen LogP contribution in [0.4, 0.5) is 0 Å². The molecular formula is C13H13N3O3. The van der Waals surface area contributed by atoms with Gasteiger partial charge in [0, 0.05) is 12.3 Å². The Morgan fingerprint density at radius 3 is 2.74 bits per heavy atom. The number of pyridine rings is 1. The predicted octanol–water partition coefficient (Wildman–Crippen LogP) is 0.782. The molecule has 2 rings (SSSR count). The van der Waals surface area contributed by atoms with Crippen LogP contribution >= 0.6 is 0 Å². The number of aryl methyl sites for hydroxylation is 1. The highest BCUT2D eigenvalue weighted by molar-refractivity contribution is 5.88. The second-order valence-corrected chi connectivity index (χ2v) is 4.06. The third kappa shape index (κ3) is 3.04. The van der Waals surface area contributed by atoms with Gasteiger partial charge >= 0.3 is 5.97 Å². The molecule has 19 heavy (non-hydrogen) atoms. The molecule has 98 valence electrons. The predicted molar refractivity (Wildman–Crippen MR) is 67.9 cm³/mol. The summed E-state index contributed by atoms with van der Waals surface area (Å²) in [4.78, 5) is 27.0. The Labute approximate surface area is 109 Å². The molecule has 0 aliphatic carbocycles. The number of methoxy groups -OCH3 is 1. The molecule has 2 aromatic heterocycles. The summed E-state index contributed by atoms with van der Waals surface area (Å²) in [6, 6.07) is 4.78. The smallest absolute Gasteiger partial charge is 0.339 e. The lowest BCUT2D eigenvalue weighted by atomic mass is 10.2. The topological polar surface area (TPSA) is 74.1 Å². The second-order valence-electron chi connectivity index (χ2n) is 4.06. The lowest BCUT2D eigenvalue weighted by Crippen LogP contribution is -2.23. The highest BCUT2D eigenvalue weighted by Gasteiger charge is 2.06. The molecule has 0 aliphatic rings. The number of hydrogen-bond acceptors (Lipinski definition) is 5. The molecule has 2 heterocycles. The van der Waals surface area contributed by atoms with Crippen molar-refractivity contribution in [3.63, 3.8) is 0 Å². The first kappa shape index (κ1) is 12.9. The lowest BCUT2D eigenvalue weighted by Gasteiger charge is -2.04. The molecule has 6 nitrogen and oxygen atoms in total. The van der Waals surface area contributed by atoms with Gasteiger partial charge in [-0.25, -0.2) is 9.48 Å². The van der Waals surface area contributed by atoms with Gasteiger partial charge in [-0.1, -0.05) is 0 Å². The van der Waals surface area contributed by atoms with Gasteiger partial charge in [-0.05, 0) is 24.6 Å². The largest absolute Gasteiger partial charge is 0.465 e. The van der Waals surface area contributed by atoms with Gasteiger partial charge in [-0.15, -0.1) is 0 Å². The minimum atomic E-state index is -0.440. The molecular weight excluding hydrogens is 246 g/mol. The molecule has 0 radical (unpaired) electrons. The molecule has 0 atom stereocenters. The van der Waals surface area contributed by atoms with E-state index in [-0.39, 0.29) is 12.1 Å². The van der Waals surface area contributed by atoms with Gasteiger partial charge in [0.25, 0.3) is 5.56 Å². The van der Waals surface area contributed by atoms with Crippen LogP contribution < -0.4 is 5.56 Å². The summed E-state index contributed by atoms with van der Waals surface area (Å²) in [5, 5.41) is 4.02. The van der Waals surface area contributed by atoms with Crippen LogP contribution in [-0.2, 0) is 11.3 Å². The van der Waals surface area contributed by atoms with E-state index in [0.717, 1.165) is 5.56 Å². The van der Waals surface area contributed by atoms with Crippen LogP contribution in [0.15, 0.2) is 35.4 Å². The number of nitrogens with zero attached hydrogens (tertiary/aromatic N) is 3. The van der Waals surface area contributed by atoms with Crippen LogP contribution in [0.2, 0.25) is 0 Å². The lowest BCUT2D eigenvalue weighted by molar-refractivity contribution is 0.0600. The quantitative estimate of drug-likeness (QED) is 0.761. The molecule has 0 saturated heterocycles. The Kier molecular flexibility index (Phi) is 3.70. The fourth-order valence-corrected chi connectivity index (χ4v) is 1.55. The average Bonchev–Trinajstić information content (AvgIpc) is 2.42. The van der Waals surface area contributed by atoms with Crippen molar-refractivity contribution in [2.24, 2.45) is 0 Å². The summed E-state index contributed by atoms with van der Waals surface area (Å²) in [5.74, 6) is -0.440. The van der Waals surface area contributed by atoms with Crippen LogP contribution in [0.3, 0.4) is 0 Å². The van der Waals surface area contributed by atoms with E-state index in [2.05, 4.69) is 14.8 Å². The van der Waals surface area contributed by atoms with Gasteiger partial charge in [0.1, 0.15) is 0 Å². The summed E-state index contributed by atoms with van der Waals surface area (Å²) in [5.41, 5.74) is 1.65. The molecule has 0 spiro atoms. The Morgan fingerprint density at radius 1 is 1.37 bits per heavy atom. The molecule has 0 N–H and O–H groups in total. The fraction of sp³-hybridized carbons (Fsp3) is 0.231. The van der Waals surface area contributed by atoms with E-state index in [4.69, 9.17) is 0 Å². The normalized spacial score (nSPS) is 10.2. The molecule has 6 heteroatoms. The second kappa shape index (κ2) is 5.43. The van der Waals surface area contributed by atoms with Crippen molar-refractivity contribution in [3.8, 4) is 0 Å². The maximum absolute atomic E-state index is 11.7. The average molecular weight is 259 g/mol. The first-order valence-electron chi connectivity index (χ1n) is 5.67. The van der Waals surface area contributed by atoms with E-state index in [9.17, 15) is 9.59 Å². The maximum Gasteiger partial charge on any atom is 0.339 e. The van der Waals surface area contributed by atoms with Gasteiger partial charge in [0.05, 0.1) is 31.1 Å². The van der Waals surface area contributed by atoms with E-state index < -0.39 is 5.97 Å². The number of carbonyl (C=O) groups is 1. The zero-order valence-corrected chi connectivity index (χ0v) is 10.7. The SMILES string of the molecule is COC(=O)c1ccc(Cn2ncc(C)cc2=O)nc1. The summed E-state index contributed by atoms with van der Waals surface area (Å²) in [6.07, 6.45) is 3.03. The van der Waals surface area contributed by atoms with Crippen LogP contribution in [0.25, 0.3) is 0 Å². The van der Waals surface area contributed by atoms with Crippen molar-refractivity contribution in [1.29, 1.82) is 0 Å². The molecule has 0 aromatic carbocycles. The Morgan fingerprint density at radius 2 is 2.16 bits per heavy atom. The van der Waals surface area contributed by atoms with Gasteiger partial charge < -0.3 is 4.74 Å². The third-order valence-corrected chi connectivity index (χ3v) is 2.56. The highest BCUT2D eigenvalue weighted by atomic mass is 16.5. The zero-order chi connectivity index (χ0) is 13.8. The molecule has 0 fully saturated rings. The number of carbonyl (C=O) groups excluding carboxylic acids is 1. The number of rotatable bonds is 3. The van der Waals surface area contributed by atoms with E-state index in [1.165, 1.54) is 24.1 Å². The van der Waals surface area contributed by atoms with Crippen LogP contribution in [-0.4, -0.2) is 27.8 Å². The monoisotopic (exact) mass is 259 g/mol. The van der Waals surface area contributed by atoms with Crippen molar-refractivity contribution in [3.05, 3.63) is 57.8 Å². The summed E-state index contributed by atoms with van der Waals surface area (Å²) >= 11 is 0. The maximum atomic E-state index is 11.7. The molecule has 0 aliphatic heterocycles. The van der Waals surface area contributed by atoms with E-state index in [0.29, 0.717) is 11.3 Å². The molecule has 2 aromatic rings. The summed E-state index contributed by atoms with van der Waals surface area (Å²) in [7, 11) is 1.31. The van der Waals surface area contributed by atoms with Crippen molar-refractivity contribution >= 4 is 5.97 Å². The van der Waals surface area contributed by atoms with Gasteiger partial charge in [0.2, 0.25) is 0 Å². The van der Waals surface area contributed by atoms with Gasteiger partial charge in [0.15, 0.2) is 0 Å². The number of hydrogen-bond donors (Lipinski definition) is 0. The standard InChI is InChI=1S/C13H13N3O3/c1-9-5-12(17)16(15-6-9)8-11-4-3-10(7-14-11)13(18)19-2/h3-7H,8H2,1-2H3. The number of aromatic nitrogens is 3. The molecule has 0 unspecified atom stereocenters. The van der Waals surface area contributed by atoms with Crippen LogP contribution in [0, 0.1) is 6.92 Å². The molecule has 0 saturated carbocycles. The van der Waals surface area contributed by atoms with Crippen molar-refractivity contribution in [1.82, 2.24) is 14.8 Å². The van der Waals surface area contributed by atoms with Gasteiger partial charge in [-0.3, -0.25) is 9.78 Å². The van der Waals surface area contributed by atoms with Crippen LogP contribution in [0.5, 0.6) is 0 Å². The van der Waals surface area contributed by atoms with E-state index in [1.807, 2.05) is 6.92 Å². The Bertz CT molecular complexity index is 647. The van der Waals surface area contributed by atoms with Crippen molar-refractivity contribution in [2.75, 3.05) is 7.11 Å². The van der Waals surface area contributed by atoms with Crippen molar-refractivity contribution < 1.29 is 9.53 Å². The molecule has 0 bridgehead atoms. The first-order valence-corrected chi connectivity index (χ1v) is 5.67.